The van der Waals surface area contributed by atoms with Crippen LogP contribution in [0, 0.1) is 55.3 Å². The van der Waals surface area contributed by atoms with Crippen LogP contribution in [0.2, 0.25) is 0 Å². The lowest BCUT2D eigenvalue weighted by molar-refractivity contribution is -0.149. The van der Waals surface area contributed by atoms with E-state index in [0.717, 1.165) is 18.2 Å². The van der Waals surface area contributed by atoms with Gasteiger partial charge in [-0.15, -0.1) is 34.9 Å². The first kappa shape index (κ1) is 96.5. The maximum absolute atomic E-state index is 14.5. The van der Waals surface area contributed by atoms with Crippen molar-refractivity contribution in [3.63, 3.8) is 0 Å². The zero-order valence-electron chi connectivity index (χ0n) is 71.9. The lowest BCUT2D eigenvalue weighted by Crippen LogP contribution is -2.50. The van der Waals surface area contributed by atoms with Gasteiger partial charge in [0.05, 0.1) is 56.0 Å². The Morgan fingerprint density at radius 1 is 0.832 bits per heavy atom. The lowest BCUT2D eigenvalue weighted by atomic mass is 9.81. The fourth-order valence-corrected chi connectivity index (χ4v) is 20.1. The molecule has 656 valence electrons. The molecule has 2 fully saturated rings. The Hall–Kier alpha value is -7.92. The smallest absolute Gasteiger partial charge is 0.303 e. The van der Waals surface area contributed by atoms with E-state index in [-0.39, 0.29) is 121 Å². The summed E-state index contributed by atoms with van der Waals surface area (Å²) in [5.41, 5.74) is 3.63. The van der Waals surface area contributed by atoms with Crippen LogP contribution >= 0.6 is 34.9 Å². The summed E-state index contributed by atoms with van der Waals surface area (Å²) in [6.45, 7) is 22.3. The number of hydrogen-bond donors (Lipinski definition) is 4. The first-order valence-electron chi connectivity index (χ1n) is 41.0. The van der Waals surface area contributed by atoms with Crippen molar-refractivity contribution in [2.75, 3.05) is 98.0 Å². The Labute approximate surface area is 715 Å². The Morgan fingerprint density at radius 3 is 2.13 bits per heavy atom. The summed E-state index contributed by atoms with van der Waals surface area (Å²) in [6, 6.07) is 12.6. The molecule has 0 aliphatic carbocycles. The molecule has 1 aromatic heterocycles. The monoisotopic (exact) mass is 1750 g/mol. The first-order chi connectivity index (χ1) is 56.1. The zero-order valence-corrected chi connectivity index (χ0v) is 76.0. The third kappa shape index (κ3) is 26.5. The summed E-state index contributed by atoms with van der Waals surface area (Å²) in [5, 5.41) is 13.5. The number of aryl methyl sites for hydroxylation is 2. The number of likely N-dealkylation sites (N-methyl/N-ethyl adjacent to an activating group) is 2. The van der Waals surface area contributed by atoms with Crippen molar-refractivity contribution < 1.29 is 87.7 Å². The van der Waals surface area contributed by atoms with Crippen molar-refractivity contribution >= 4 is 114 Å². The topological polar surface area (TPSA) is 353 Å². The summed E-state index contributed by atoms with van der Waals surface area (Å²) in [4.78, 5) is 136. The molecule has 5 heterocycles. The molecule has 0 radical (unpaired) electrons. The number of methoxy groups -OCH3 is 1. The molecular formula is C86H123N9O19S5. The van der Waals surface area contributed by atoms with Crippen molar-refractivity contribution in [3.05, 3.63) is 121 Å². The number of anilines is 1. The molecule has 119 heavy (non-hydrogen) atoms. The summed E-state index contributed by atoms with van der Waals surface area (Å²) >= 11 is 3.86. The SMILES string of the molecule is CC[C@H](C)[C@H](CC(=O)C(C)(C)N(C)C)C(=O)N(C)[C@H](C[C@@H](OC(C)=O)c1nc(C(=O)N[C@@H](Cc2ccc(C)cc2)CC(C)C(=O)CCNC(=O)C=CSCSC=CC(=O)N(C)CCC2C[C@H]3C(S(=O)(=O)OC)Nc4cc(OCCCCCOc5cc6c(cc5OC)C(=O)N5CC(C)C[C@H]5C(CS(=O)(=O)O)C6)c(C)cc4C(=O)N3C2)cs1)C(C)C. The van der Waals surface area contributed by atoms with Crippen LogP contribution in [0.25, 0.3) is 0 Å². The molecule has 0 bridgehead atoms. The highest BCUT2D eigenvalue weighted by molar-refractivity contribution is 8.18. The number of rotatable bonds is 45. The van der Waals surface area contributed by atoms with Gasteiger partial charge in [0.1, 0.15) is 22.2 Å². The Balaban J connectivity index is 0.754. The molecule has 0 saturated carbocycles. The number of ketones is 2. The van der Waals surface area contributed by atoms with E-state index in [1.54, 1.807) is 81.1 Å². The maximum Gasteiger partial charge on any atom is 0.303 e. The number of fused-ring (bicyclic) bond motifs is 4. The van der Waals surface area contributed by atoms with Gasteiger partial charge in [0.15, 0.2) is 28.8 Å². The summed E-state index contributed by atoms with van der Waals surface area (Å²) < 4.78 is 90.5. The van der Waals surface area contributed by atoms with E-state index in [9.17, 15) is 64.5 Å². The highest BCUT2D eigenvalue weighted by Crippen LogP contribution is 2.43. The van der Waals surface area contributed by atoms with Gasteiger partial charge in [0.25, 0.3) is 38.0 Å². The number of hydrogen-bond acceptors (Lipinski definition) is 24. The van der Waals surface area contributed by atoms with Crippen LogP contribution in [0.3, 0.4) is 0 Å². The largest absolute Gasteiger partial charge is 0.493 e. The quantitative estimate of drug-likeness (QED) is 0.00797. The number of carbonyl (C=O) groups is 9. The summed E-state index contributed by atoms with van der Waals surface area (Å²) in [5.74, 6) is -3.48. The van der Waals surface area contributed by atoms with Gasteiger partial charge in [0.2, 0.25) is 17.7 Å². The van der Waals surface area contributed by atoms with E-state index in [0.29, 0.717) is 127 Å². The van der Waals surface area contributed by atoms with Crippen molar-refractivity contribution in [1.29, 1.82) is 0 Å². The number of aromatic nitrogens is 1. The zero-order chi connectivity index (χ0) is 87.5. The van der Waals surface area contributed by atoms with Gasteiger partial charge < -0.3 is 54.5 Å². The third-order valence-electron chi connectivity index (χ3n) is 23.7. The van der Waals surface area contributed by atoms with Crippen LogP contribution in [0.5, 0.6) is 17.2 Å². The molecule has 8 rings (SSSR count). The highest BCUT2D eigenvalue weighted by Gasteiger charge is 2.49. The van der Waals surface area contributed by atoms with Gasteiger partial charge in [-0.25, -0.2) is 4.98 Å². The minimum Gasteiger partial charge on any atom is -0.493 e. The normalized spacial score (nSPS) is 19.6. The van der Waals surface area contributed by atoms with E-state index < -0.39 is 96.7 Å². The van der Waals surface area contributed by atoms with Crippen LogP contribution in [-0.2, 0) is 70.8 Å². The van der Waals surface area contributed by atoms with Crippen LogP contribution < -0.4 is 30.2 Å². The van der Waals surface area contributed by atoms with E-state index in [4.69, 9.17) is 28.1 Å². The van der Waals surface area contributed by atoms with Crippen LogP contribution in [0.1, 0.15) is 198 Å². The number of esters is 1. The summed E-state index contributed by atoms with van der Waals surface area (Å²) in [6.07, 6.45) is 7.27. The number of nitrogens with zero attached hydrogens (tertiary/aromatic N) is 6. The number of carbonyl (C=O) groups excluding carboxylic acids is 9. The number of amides is 6. The van der Waals surface area contributed by atoms with Crippen molar-refractivity contribution in [2.24, 2.45) is 41.4 Å². The van der Waals surface area contributed by atoms with Crippen LogP contribution in [0.15, 0.2) is 76.9 Å². The Morgan fingerprint density at radius 2 is 1.50 bits per heavy atom. The molecule has 4 aliphatic rings. The number of unbranched alkanes of at least 4 members (excludes halogenated alkanes) is 2. The van der Waals surface area contributed by atoms with E-state index in [1.165, 1.54) is 61.0 Å². The number of benzene rings is 3. The standard InChI is InChI=1S/C86H123N9O19S5/c1-18-55(6)64(44-77(98)86(10,11)91(12)13)83(102)93(15)69(52(2)3)46-76(114-58(9)96)81-89-68(49-117-81)80(101)88-63(39-59-24-22-53(4)23-25-59)37-56(7)72(97)26-30-87-78(99)28-34-115-51-116-35-29-79(100)92(14)31-27-60-40-71-82(119(108,109)111-17)90-67-45-73(57(8)38-66(67)85(104)95(71)48-60)112-32-20-19-21-33-113-75-42-61-41-62(50-118(105,106)107)70-36-54(5)47-94(70)84(103)65(61)43-74(75)110-16/h22-25,28-29,34-35,38,42-43,45,49,52,54-56,60,62-64,69-71,76,82,90H,18-21,26-27,30-33,36-37,39-41,44,46-48,50-51H2,1-17H3,(H,87,99)(H,88,101)(H,105,106,107)/t54?,55-,56?,60?,62?,63+,64-,69+,70-,71-,76+,82?/m0/s1. The van der Waals surface area contributed by atoms with Gasteiger partial charge in [-0.2, -0.15) is 16.8 Å². The van der Waals surface area contributed by atoms with Crippen LogP contribution in [0.4, 0.5) is 5.69 Å². The Kier molecular flexibility index (Phi) is 35.5. The molecule has 4 aromatic rings. The van der Waals surface area contributed by atoms with E-state index in [2.05, 4.69) is 16.0 Å². The van der Waals surface area contributed by atoms with Gasteiger partial charge in [-0.3, -0.25) is 56.8 Å². The minimum absolute atomic E-state index is 0.0378. The molecule has 12 atom stereocenters. The maximum atomic E-state index is 14.5. The van der Waals surface area contributed by atoms with E-state index in [1.807, 2.05) is 106 Å². The number of nitrogens with one attached hydrogen (secondary N) is 3. The predicted molar refractivity (Wildman–Crippen MR) is 464 cm³/mol. The summed E-state index contributed by atoms with van der Waals surface area (Å²) in [7, 11) is 1.09. The van der Waals surface area contributed by atoms with Crippen molar-refractivity contribution in [2.45, 2.75) is 201 Å². The van der Waals surface area contributed by atoms with Crippen LogP contribution in [-0.4, -0.2) is 232 Å². The molecule has 2 saturated heterocycles. The fourth-order valence-electron chi connectivity index (χ4n) is 15.9. The van der Waals surface area contributed by atoms with Crippen molar-refractivity contribution in [3.8, 4) is 17.2 Å². The molecule has 3 aromatic carbocycles. The van der Waals surface area contributed by atoms with Crippen molar-refractivity contribution in [1.82, 2.24) is 40.1 Å². The van der Waals surface area contributed by atoms with Gasteiger partial charge in [0, 0.05) is 131 Å². The minimum atomic E-state index is -4.32. The fraction of sp³-hybridized carbons (Fsp3) is 0.605. The second-order valence-corrected chi connectivity index (χ2v) is 39.7. The molecule has 4 aliphatic heterocycles. The third-order valence-corrected chi connectivity index (χ3v) is 28.7. The molecule has 6 amide bonds. The van der Waals surface area contributed by atoms with Gasteiger partial charge in [-0.1, -0.05) is 77.8 Å². The van der Waals surface area contributed by atoms with Gasteiger partial charge >= 0.3 is 5.97 Å². The Bertz CT molecular complexity index is 4540. The molecular weight excluding hydrogens is 1620 g/mol. The average molecular weight is 1750 g/mol. The number of Topliss-reactive ketones (excluding diaryl/α,β-unsaturated/α-hetero) is 2. The molecule has 28 nitrogen and oxygen atoms in total. The number of ether oxygens (including phenoxy) is 4. The van der Waals surface area contributed by atoms with E-state index >= 15 is 0 Å². The highest BCUT2D eigenvalue weighted by atomic mass is 32.2. The molecule has 5 unspecified atom stereocenters. The predicted octanol–water partition coefficient (Wildman–Crippen LogP) is 11.7. The number of thiazole rings is 1. The second-order valence-electron chi connectivity index (χ2n) is 33.4. The molecule has 0 spiro atoms. The molecule has 4 N–H and O–H groups in total. The van der Waals surface area contributed by atoms with Gasteiger partial charge in [-0.05, 0) is 175 Å². The molecule has 33 heteroatoms. The first-order valence-corrected chi connectivity index (χ1v) is 47.0. The average Bonchev–Trinajstić information content (AvgIpc) is 1.63. The lowest BCUT2D eigenvalue weighted by Gasteiger charge is -2.38. The second kappa shape index (κ2) is 43.7. The number of thioether (sulfide) groups is 2.